The van der Waals surface area contributed by atoms with Crippen LogP contribution in [-0.4, -0.2) is 4.98 Å². The molecule has 0 aliphatic carbocycles. The van der Waals surface area contributed by atoms with Crippen LogP contribution >= 0.6 is 0 Å². The van der Waals surface area contributed by atoms with E-state index in [4.69, 9.17) is 9.72 Å². The van der Waals surface area contributed by atoms with E-state index in [2.05, 4.69) is 202 Å². The first kappa shape index (κ1) is 41.0. The van der Waals surface area contributed by atoms with E-state index >= 15 is 0 Å². The molecule has 310 valence electrons. The largest absolute Gasteiger partial charge is 0.509 e. The second-order valence-electron chi connectivity index (χ2n) is 17.9. The van der Waals surface area contributed by atoms with E-state index in [1.165, 1.54) is 16.7 Å². The fourth-order valence-corrected chi connectivity index (χ4v) is 8.35. The number of nitrogens with zero attached hydrogens (tertiary/aromatic N) is 4. The van der Waals surface area contributed by atoms with Gasteiger partial charge in [-0.15, -0.1) is 48.3 Å². The van der Waals surface area contributed by atoms with Crippen LogP contribution in [0.3, 0.4) is 0 Å². The molecule has 0 N–H and O–H groups in total. The van der Waals surface area contributed by atoms with Crippen LogP contribution in [-0.2, 0) is 31.9 Å². The summed E-state index contributed by atoms with van der Waals surface area (Å²) in [6, 6.07) is 65.0. The molecule has 0 atom stereocenters. The van der Waals surface area contributed by atoms with E-state index in [0.717, 1.165) is 67.8 Å². The number of hydrogen-bond donors (Lipinski definition) is 0. The Morgan fingerprint density at radius 1 is 0.500 bits per heavy atom. The zero-order chi connectivity index (χ0) is 41.9. The third-order valence-corrected chi connectivity index (χ3v) is 11.6. The van der Waals surface area contributed by atoms with Crippen molar-refractivity contribution in [2.75, 3.05) is 14.7 Å². The van der Waals surface area contributed by atoms with Gasteiger partial charge in [0.25, 0.3) is 0 Å². The van der Waals surface area contributed by atoms with Crippen LogP contribution in [0.15, 0.2) is 170 Å². The standard InChI is InChI=1S/C56H47N4O.Pt/c1-55(2,3)40-32-41(56(4,5)6)34-43(33-40)59-37-58(51-23-12-13-24-52(51)59)42-19-16-20-44(35-42)61-45-27-28-48-46-21-10-11-22-47(46)49-31-39(38-17-8-7-9-18-38)26-29-50(49)60(53(48)36-45)54-25-14-15-30-57-54;/h7-34,37H,1-6H3;/q-3;. The molecule has 6 heteroatoms. The number of aromatic nitrogens is 1. The second-order valence-corrected chi connectivity index (χ2v) is 17.9. The van der Waals surface area contributed by atoms with Crippen molar-refractivity contribution in [1.29, 1.82) is 0 Å². The van der Waals surface area contributed by atoms with Gasteiger partial charge in [0, 0.05) is 61.4 Å². The average Bonchev–Trinajstić information content (AvgIpc) is 3.61. The van der Waals surface area contributed by atoms with Crippen molar-refractivity contribution < 1.29 is 25.8 Å². The van der Waals surface area contributed by atoms with Gasteiger partial charge in [0.15, 0.2) is 0 Å². The Morgan fingerprint density at radius 3 is 1.84 bits per heavy atom. The zero-order valence-electron chi connectivity index (χ0n) is 35.8. The molecule has 3 heterocycles. The van der Waals surface area contributed by atoms with Gasteiger partial charge < -0.3 is 19.4 Å². The van der Waals surface area contributed by atoms with Gasteiger partial charge in [-0.1, -0.05) is 138 Å². The maximum absolute atomic E-state index is 6.72. The Labute approximate surface area is 380 Å². The molecular formula is C56H47N4OPt-3. The van der Waals surface area contributed by atoms with Crippen LogP contribution in [0.2, 0.25) is 0 Å². The van der Waals surface area contributed by atoms with E-state index in [1.807, 2.05) is 42.6 Å². The number of para-hydroxylation sites is 2. The van der Waals surface area contributed by atoms with E-state index in [1.54, 1.807) is 0 Å². The predicted octanol–water partition coefficient (Wildman–Crippen LogP) is 15.3. The normalized spacial score (nSPS) is 13.0. The Morgan fingerprint density at radius 2 is 1.15 bits per heavy atom. The summed E-state index contributed by atoms with van der Waals surface area (Å²) in [4.78, 5) is 11.6. The van der Waals surface area contributed by atoms with Gasteiger partial charge in [0.05, 0.1) is 5.69 Å². The van der Waals surface area contributed by atoms with Crippen LogP contribution < -0.4 is 19.4 Å². The Bertz CT molecular complexity index is 2880. The van der Waals surface area contributed by atoms with Gasteiger partial charge in [0.1, 0.15) is 5.82 Å². The topological polar surface area (TPSA) is 31.8 Å². The van der Waals surface area contributed by atoms with E-state index in [9.17, 15) is 0 Å². The minimum absolute atomic E-state index is 0. The van der Waals surface area contributed by atoms with Gasteiger partial charge >= 0.3 is 0 Å². The molecule has 0 unspecified atom stereocenters. The molecule has 5 nitrogen and oxygen atoms in total. The van der Waals surface area contributed by atoms with Crippen molar-refractivity contribution >= 4 is 39.9 Å². The Hall–Kier alpha value is -6.42. The number of ether oxygens (including phenoxy) is 1. The summed E-state index contributed by atoms with van der Waals surface area (Å²) in [5.41, 5.74) is 15.4. The molecule has 10 rings (SSSR count). The number of rotatable bonds is 6. The summed E-state index contributed by atoms with van der Waals surface area (Å²) in [5.74, 6) is 1.97. The first-order valence-electron chi connectivity index (χ1n) is 21.0. The summed E-state index contributed by atoms with van der Waals surface area (Å²) in [6.07, 6.45) is 1.84. The zero-order valence-corrected chi connectivity index (χ0v) is 38.0. The summed E-state index contributed by atoms with van der Waals surface area (Å²) in [6.45, 7) is 15.9. The number of anilines is 7. The van der Waals surface area contributed by atoms with Gasteiger partial charge in [-0.2, -0.15) is 12.1 Å². The summed E-state index contributed by atoms with van der Waals surface area (Å²) < 4.78 is 6.72. The number of pyridine rings is 1. The van der Waals surface area contributed by atoms with Crippen molar-refractivity contribution in [3.05, 3.63) is 200 Å². The molecule has 7 aromatic carbocycles. The van der Waals surface area contributed by atoms with Crippen molar-refractivity contribution in [3.63, 3.8) is 0 Å². The van der Waals surface area contributed by atoms with Crippen LogP contribution in [0.25, 0.3) is 33.4 Å². The molecule has 0 saturated heterocycles. The fraction of sp³-hybridized carbons (Fsp3) is 0.143. The minimum atomic E-state index is -0.00543. The molecule has 0 radical (unpaired) electrons. The van der Waals surface area contributed by atoms with Crippen LogP contribution in [0.5, 0.6) is 11.5 Å². The SMILES string of the molecule is CC(C)(C)c1cc(N2[CH-]N(c3[c-]c(Oc4[c-]c5c(cc4)-c4ccccc4-c4cc(-c6ccccc6)ccc4N5c4ccccn4)ccc3)c3ccccc32)cc(C(C)(C)C)c1.[Pt]. The molecule has 8 aromatic rings. The van der Waals surface area contributed by atoms with E-state index < -0.39 is 0 Å². The van der Waals surface area contributed by atoms with Crippen molar-refractivity contribution in [2.24, 2.45) is 0 Å². The average molecular weight is 987 g/mol. The minimum Gasteiger partial charge on any atom is -0.509 e. The number of hydrogen-bond acceptors (Lipinski definition) is 5. The summed E-state index contributed by atoms with van der Waals surface area (Å²) in [5, 5.41) is 0. The van der Waals surface area contributed by atoms with Crippen molar-refractivity contribution in [2.45, 2.75) is 52.4 Å². The molecule has 2 aliphatic heterocycles. The molecule has 0 bridgehead atoms. The van der Waals surface area contributed by atoms with Gasteiger partial charge in [-0.3, -0.25) is 0 Å². The maximum atomic E-state index is 6.72. The van der Waals surface area contributed by atoms with Crippen LogP contribution in [0, 0.1) is 18.8 Å². The summed E-state index contributed by atoms with van der Waals surface area (Å²) >= 11 is 0. The molecule has 0 amide bonds. The number of fused-ring (bicyclic) bond motifs is 6. The van der Waals surface area contributed by atoms with Crippen LogP contribution in [0.1, 0.15) is 52.7 Å². The predicted molar refractivity (Wildman–Crippen MR) is 252 cm³/mol. The number of benzene rings is 7. The third kappa shape index (κ3) is 7.60. The molecule has 62 heavy (non-hydrogen) atoms. The van der Waals surface area contributed by atoms with Gasteiger partial charge in [0.2, 0.25) is 0 Å². The quantitative estimate of drug-likeness (QED) is 0.155. The first-order chi connectivity index (χ1) is 29.5. The maximum Gasteiger partial charge on any atom is 0.135 e. The molecular weight excluding hydrogens is 940 g/mol. The van der Waals surface area contributed by atoms with E-state index in [-0.39, 0.29) is 31.9 Å². The molecule has 1 aromatic heterocycles. The summed E-state index contributed by atoms with van der Waals surface area (Å²) in [7, 11) is 0. The van der Waals surface area contributed by atoms with E-state index in [0.29, 0.717) is 11.5 Å². The first-order valence-corrected chi connectivity index (χ1v) is 21.0. The molecule has 0 saturated carbocycles. The van der Waals surface area contributed by atoms with Crippen molar-refractivity contribution in [3.8, 4) is 44.9 Å². The van der Waals surface area contributed by atoms with Crippen LogP contribution in [0.4, 0.5) is 39.9 Å². The molecule has 0 fully saturated rings. The van der Waals surface area contributed by atoms with Gasteiger partial charge in [-0.05, 0) is 87.2 Å². The molecule has 0 spiro atoms. The molecule has 2 aliphatic rings. The van der Waals surface area contributed by atoms with Gasteiger partial charge in [-0.25, -0.2) is 4.98 Å². The third-order valence-electron chi connectivity index (χ3n) is 11.6. The smallest absolute Gasteiger partial charge is 0.135 e. The van der Waals surface area contributed by atoms with Crippen molar-refractivity contribution in [1.82, 2.24) is 4.98 Å². The second kappa shape index (κ2) is 16.1. The fourth-order valence-electron chi connectivity index (χ4n) is 8.35. The monoisotopic (exact) mass is 986 g/mol. The Kier molecular flexibility index (Phi) is 10.7. The Balaban J connectivity index is 0.00000490.